The summed E-state index contributed by atoms with van der Waals surface area (Å²) in [6, 6.07) is 9.62. The molecule has 1 atom stereocenters. The van der Waals surface area contributed by atoms with Crippen molar-refractivity contribution in [2.45, 2.75) is 18.2 Å². The fourth-order valence-electron chi connectivity index (χ4n) is 3.03. The van der Waals surface area contributed by atoms with Gasteiger partial charge in [0.2, 0.25) is 0 Å². The molecule has 3 aromatic rings. The molecule has 0 spiro atoms. The lowest BCUT2D eigenvalue weighted by atomic mass is 10.1. The van der Waals surface area contributed by atoms with Crippen molar-refractivity contribution in [1.29, 1.82) is 0 Å². The summed E-state index contributed by atoms with van der Waals surface area (Å²) in [5.74, 6) is 0.273. The third-order valence-corrected chi connectivity index (χ3v) is 7.98. The zero-order valence-corrected chi connectivity index (χ0v) is 22.3. The second-order valence-electron chi connectivity index (χ2n) is 6.74. The number of aliphatic imine (C=N–C) groups is 1. The molecule has 1 unspecified atom stereocenters. The number of pyridine rings is 1. The standard InChI is InChI=1S/C20H21ClF2IN6PS/c1-11-7-14(28-29(11)3)12-5-6-13(16(8-12)32-4)26-15-9-17(21)27-20(19(15)25-2)30(31-24)10-18(22)23/h5-9,18,31H,2,10H2,1,3-4H3,(H,26,27). The van der Waals surface area contributed by atoms with Gasteiger partial charge in [-0.05, 0) is 60.1 Å². The summed E-state index contributed by atoms with van der Waals surface area (Å²) in [5.41, 5.74) is 4.69. The van der Waals surface area contributed by atoms with Crippen LogP contribution in [0, 0.1) is 6.92 Å². The molecule has 0 saturated carbocycles. The number of nitrogens with zero attached hydrogens (tertiary/aromatic N) is 5. The van der Waals surface area contributed by atoms with Crippen LogP contribution in [-0.2, 0) is 7.05 Å². The van der Waals surface area contributed by atoms with E-state index >= 15 is 0 Å². The van der Waals surface area contributed by atoms with Gasteiger partial charge in [0.25, 0.3) is 6.43 Å². The lowest BCUT2D eigenvalue weighted by molar-refractivity contribution is 0.159. The van der Waals surface area contributed by atoms with E-state index in [2.05, 4.69) is 33.2 Å². The summed E-state index contributed by atoms with van der Waals surface area (Å²) in [6.45, 7) is 5.16. The van der Waals surface area contributed by atoms with Gasteiger partial charge in [0.05, 0.1) is 23.6 Å². The summed E-state index contributed by atoms with van der Waals surface area (Å²) < 4.78 is 29.4. The van der Waals surface area contributed by atoms with E-state index in [1.807, 2.05) is 65.1 Å². The van der Waals surface area contributed by atoms with Crippen LogP contribution in [0.5, 0.6) is 0 Å². The van der Waals surface area contributed by atoms with Crippen LogP contribution in [-0.4, -0.2) is 40.7 Å². The first-order valence-electron chi connectivity index (χ1n) is 9.32. The summed E-state index contributed by atoms with van der Waals surface area (Å²) in [6.07, 6.45) is -0.503. The molecule has 1 aromatic carbocycles. The highest BCUT2D eigenvalue weighted by Gasteiger charge is 2.21. The van der Waals surface area contributed by atoms with Crippen LogP contribution < -0.4 is 9.99 Å². The highest BCUT2D eigenvalue weighted by atomic mass is 127. The van der Waals surface area contributed by atoms with Crippen LogP contribution in [0.25, 0.3) is 11.3 Å². The zero-order chi connectivity index (χ0) is 23.4. The van der Waals surface area contributed by atoms with Crippen molar-refractivity contribution < 1.29 is 8.78 Å². The Bertz CT molecular complexity index is 1110. The lowest BCUT2D eigenvalue weighted by Gasteiger charge is -2.23. The fourth-order valence-corrected chi connectivity index (χ4v) is 5.53. The van der Waals surface area contributed by atoms with E-state index < -0.39 is 13.0 Å². The number of hydrogen-bond acceptors (Lipinski definition) is 6. The number of aromatic nitrogens is 3. The third kappa shape index (κ3) is 5.70. The lowest BCUT2D eigenvalue weighted by Crippen LogP contribution is -2.20. The molecule has 0 aliphatic heterocycles. The van der Waals surface area contributed by atoms with E-state index in [9.17, 15) is 8.78 Å². The molecular formula is C20H21ClF2IN6PS. The molecule has 0 amide bonds. The number of hydrogen-bond donors (Lipinski definition) is 1. The number of anilines is 3. The maximum absolute atomic E-state index is 13.1. The highest BCUT2D eigenvalue weighted by Crippen LogP contribution is 2.44. The number of alkyl halides is 2. The predicted molar refractivity (Wildman–Crippen MR) is 143 cm³/mol. The van der Waals surface area contributed by atoms with E-state index in [1.54, 1.807) is 17.8 Å². The van der Waals surface area contributed by atoms with Crippen molar-refractivity contribution in [2.24, 2.45) is 12.0 Å². The van der Waals surface area contributed by atoms with E-state index in [4.69, 9.17) is 11.6 Å². The average molecular weight is 609 g/mol. The second kappa shape index (κ2) is 11.1. The van der Waals surface area contributed by atoms with E-state index in [0.717, 1.165) is 27.5 Å². The van der Waals surface area contributed by atoms with Crippen molar-refractivity contribution in [1.82, 2.24) is 14.8 Å². The number of halogens is 4. The molecule has 170 valence electrons. The van der Waals surface area contributed by atoms with E-state index in [1.165, 1.54) is 4.67 Å². The molecule has 0 aliphatic rings. The molecule has 3 rings (SSSR count). The molecule has 0 saturated heterocycles. The van der Waals surface area contributed by atoms with Gasteiger partial charge in [-0.15, -0.1) is 11.8 Å². The first kappa shape index (κ1) is 25.1. The maximum Gasteiger partial charge on any atom is 0.256 e. The van der Waals surface area contributed by atoms with Gasteiger partial charge in [-0.1, -0.05) is 17.7 Å². The number of nitrogens with one attached hydrogen (secondary N) is 1. The number of benzene rings is 1. The average Bonchev–Trinajstić information content (AvgIpc) is 3.10. The van der Waals surface area contributed by atoms with Crippen LogP contribution in [0.3, 0.4) is 0 Å². The fraction of sp³-hybridized carbons (Fsp3) is 0.250. The van der Waals surface area contributed by atoms with Crippen LogP contribution in [0.4, 0.5) is 31.7 Å². The minimum Gasteiger partial charge on any atom is -0.353 e. The van der Waals surface area contributed by atoms with Gasteiger partial charge in [-0.3, -0.25) is 9.67 Å². The van der Waals surface area contributed by atoms with Crippen molar-refractivity contribution in [3.05, 3.63) is 41.2 Å². The molecule has 2 heterocycles. The number of thioether (sulfide) groups is 1. The Kier molecular flexibility index (Phi) is 8.71. The molecular weight excluding hydrogens is 588 g/mol. The van der Waals surface area contributed by atoms with Crippen molar-refractivity contribution in [3.63, 3.8) is 0 Å². The molecule has 6 nitrogen and oxygen atoms in total. The summed E-state index contributed by atoms with van der Waals surface area (Å²) in [4.78, 5) is 9.31. The Balaban J connectivity index is 2.01. The molecule has 0 aliphatic carbocycles. The van der Waals surface area contributed by atoms with Gasteiger partial charge < -0.3 is 9.99 Å². The number of aryl methyl sites for hydroxylation is 2. The monoisotopic (exact) mass is 608 g/mol. The number of rotatable bonds is 9. The Hall–Kier alpha value is -1.49. The quantitative estimate of drug-likeness (QED) is 0.0912. The van der Waals surface area contributed by atoms with Gasteiger partial charge in [-0.2, -0.15) is 5.10 Å². The molecule has 12 heteroatoms. The normalized spacial score (nSPS) is 11.5. The molecule has 32 heavy (non-hydrogen) atoms. The minimum atomic E-state index is -2.52. The first-order valence-corrected chi connectivity index (χ1v) is 15.0. The predicted octanol–water partition coefficient (Wildman–Crippen LogP) is 7.26. The largest absolute Gasteiger partial charge is 0.353 e. The van der Waals surface area contributed by atoms with Gasteiger partial charge in [0, 0.05) is 35.6 Å². The van der Waals surface area contributed by atoms with Crippen molar-refractivity contribution in [3.8, 4) is 11.3 Å². The molecule has 0 bridgehead atoms. The Morgan fingerprint density at radius 1 is 1.34 bits per heavy atom. The van der Waals surface area contributed by atoms with Crippen LogP contribution in [0.2, 0.25) is 5.15 Å². The van der Waals surface area contributed by atoms with Gasteiger partial charge in [0.15, 0.2) is 5.82 Å². The molecule has 2 aromatic heterocycles. The van der Waals surface area contributed by atoms with Gasteiger partial charge in [0.1, 0.15) is 10.8 Å². The smallest absolute Gasteiger partial charge is 0.256 e. The van der Waals surface area contributed by atoms with Crippen molar-refractivity contribution in [2.75, 3.05) is 22.8 Å². The summed E-state index contributed by atoms with van der Waals surface area (Å²) in [5, 5.41) is 8.05. The van der Waals surface area contributed by atoms with Crippen LogP contribution in [0.1, 0.15) is 5.69 Å². The van der Waals surface area contributed by atoms with Gasteiger partial charge >= 0.3 is 0 Å². The van der Waals surface area contributed by atoms with Gasteiger partial charge in [-0.25, -0.2) is 13.8 Å². The summed E-state index contributed by atoms with van der Waals surface area (Å²) >= 11 is 9.85. The van der Waals surface area contributed by atoms with Crippen LogP contribution >= 0.6 is 51.8 Å². The molecule has 1 N–H and O–H groups in total. The van der Waals surface area contributed by atoms with Crippen molar-refractivity contribution >= 4 is 81.4 Å². The first-order chi connectivity index (χ1) is 15.3. The SMILES string of the molecule is C=Nc1c(Nc2ccc(-c3cc(C)n(C)n3)cc2SC)cc(Cl)nc1N(CC(F)F)PI. The van der Waals surface area contributed by atoms with E-state index in [0.29, 0.717) is 11.4 Å². The van der Waals surface area contributed by atoms with Crippen LogP contribution in [0.15, 0.2) is 40.2 Å². The molecule has 0 fully saturated rings. The topological polar surface area (TPSA) is 58.3 Å². The minimum absolute atomic E-state index is 0.0335. The second-order valence-corrected chi connectivity index (χ2v) is 10.1. The Labute approximate surface area is 209 Å². The Morgan fingerprint density at radius 2 is 2.09 bits per heavy atom. The Morgan fingerprint density at radius 3 is 2.66 bits per heavy atom. The molecule has 0 radical (unpaired) electrons. The summed E-state index contributed by atoms with van der Waals surface area (Å²) in [7, 11) is 1.91. The van der Waals surface area contributed by atoms with E-state index in [-0.39, 0.29) is 17.3 Å². The highest BCUT2D eigenvalue weighted by molar-refractivity contribution is 14.2. The maximum atomic E-state index is 13.1. The zero-order valence-electron chi connectivity index (χ0n) is 17.5. The third-order valence-electron chi connectivity index (χ3n) is 4.66.